The molecule has 9 nitrogen and oxygen atoms in total. The molecule has 5 heterocycles. The summed E-state index contributed by atoms with van der Waals surface area (Å²) in [6, 6.07) is 16.0. The maximum absolute atomic E-state index is 13.7. The second kappa shape index (κ2) is 11.0. The number of benzene rings is 2. The van der Waals surface area contributed by atoms with Crippen LogP contribution in [0.15, 0.2) is 60.8 Å². The lowest BCUT2D eigenvalue weighted by Gasteiger charge is -2.33. The van der Waals surface area contributed by atoms with E-state index in [4.69, 9.17) is 19.2 Å². The van der Waals surface area contributed by atoms with Gasteiger partial charge in [-0.2, -0.15) is 0 Å². The number of anilines is 1. The van der Waals surface area contributed by atoms with Crippen molar-refractivity contribution in [2.24, 2.45) is 0 Å². The molecule has 2 bridgehead atoms. The van der Waals surface area contributed by atoms with E-state index in [0.717, 1.165) is 48.1 Å². The number of ether oxygens (including phenoxy) is 3. The Labute approximate surface area is 244 Å². The average molecular weight is 567 g/mol. The van der Waals surface area contributed by atoms with Crippen LogP contribution in [0.4, 0.5) is 5.82 Å². The fraction of sp³-hybridized carbons (Fsp3) is 0.364. The van der Waals surface area contributed by atoms with Gasteiger partial charge < -0.3 is 29.7 Å². The fourth-order valence-electron chi connectivity index (χ4n) is 6.46. The van der Waals surface area contributed by atoms with Crippen LogP contribution in [0.25, 0.3) is 5.57 Å². The lowest BCUT2D eigenvalue weighted by molar-refractivity contribution is -0.131. The molecule has 0 unspecified atom stereocenters. The topological polar surface area (TPSA) is 102 Å². The van der Waals surface area contributed by atoms with Crippen molar-refractivity contribution in [3.63, 3.8) is 0 Å². The number of fused-ring (bicyclic) bond motifs is 4. The lowest BCUT2D eigenvalue weighted by Crippen LogP contribution is -2.41. The normalized spacial score (nSPS) is 21.7. The maximum atomic E-state index is 13.7. The Balaban J connectivity index is 1.11. The quantitative estimate of drug-likeness (QED) is 0.438. The third-order valence-corrected chi connectivity index (χ3v) is 8.54. The van der Waals surface area contributed by atoms with E-state index in [2.05, 4.69) is 28.8 Å². The lowest BCUT2D eigenvalue weighted by atomic mass is 9.94. The van der Waals surface area contributed by atoms with Crippen LogP contribution >= 0.6 is 0 Å². The molecule has 4 aliphatic rings. The Morgan fingerprint density at radius 1 is 1.05 bits per heavy atom. The van der Waals surface area contributed by atoms with Crippen LogP contribution in [0.1, 0.15) is 53.2 Å². The number of hydrogen-bond acceptors (Lipinski definition) is 7. The van der Waals surface area contributed by atoms with Crippen molar-refractivity contribution in [3.05, 3.63) is 83.1 Å². The van der Waals surface area contributed by atoms with Gasteiger partial charge >= 0.3 is 0 Å². The minimum Gasteiger partial charge on any atom is -0.493 e. The predicted molar refractivity (Wildman–Crippen MR) is 158 cm³/mol. The zero-order valence-corrected chi connectivity index (χ0v) is 23.6. The van der Waals surface area contributed by atoms with Gasteiger partial charge in [0.25, 0.3) is 5.91 Å². The minimum atomic E-state index is -0.308. The van der Waals surface area contributed by atoms with Gasteiger partial charge in [0.1, 0.15) is 24.3 Å². The standard InChI is InChI=1S/C33H34N4O5/c1-20(38)37-25-8-9-26(37)14-23(13-25)24-15-28(33(39)36-18-27-19-41-29-4-2-3-5-30(29)42-27)32(35-17-24)34-16-21-6-7-22-10-11-40-31(22)12-21/h2-7,12-13,15,17,25-27H,8-11,14,16,18-19H2,1H3,(H,34,35)(H,36,39)/t25-,26+,27-/m0/s1. The Morgan fingerprint density at radius 2 is 1.93 bits per heavy atom. The fourth-order valence-corrected chi connectivity index (χ4v) is 6.46. The van der Waals surface area contributed by atoms with E-state index in [1.165, 1.54) is 5.56 Å². The van der Waals surface area contributed by atoms with E-state index in [-0.39, 0.29) is 30.0 Å². The van der Waals surface area contributed by atoms with Crippen molar-refractivity contribution in [1.82, 2.24) is 15.2 Å². The molecule has 0 radical (unpaired) electrons. The SMILES string of the molecule is CC(=O)N1[C@@H]2CC[C@H]1C=C(c1cnc(NCc3ccc4c(c3)OCC4)c(C(=O)NC[C@H]3COc4ccccc4O3)c1)C2. The van der Waals surface area contributed by atoms with Crippen LogP contribution in [0.5, 0.6) is 17.2 Å². The maximum Gasteiger partial charge on any atom is 0.255 e. The Bertz CT molecular complexity index is 1570. The van der Waals surface area contributed by atoms with Crippen LogP contribution < -0.4 is 24.8 Å². The summed E-state index contributed by atoms with van der Waals surface area (Å²) in [4.78, 5) is 32.6. The third-order valence-electron chi connectivity index (χ3n) is 8.54. The molecule has 2 amide bonds. The Kier molecular flexibility index (Phi) is 6.93. The first-order valence-corrected chi connectivity index (χ1v) is 14.7. The summed E-state index contributed by atoms with van der Waals surface area (Å²) in [7, 11) is 0. The number of rotatable bonds is 7. The number of aromatic nitrogens is 1. The Hall–Kier alpha value is -4.53. The van der Waals surface area contributed by atoms with Gasteiger partial charge in [0.2, 0.25) is 5.91 Å². The number of amides is 2. The minimum absolute atomic E-state index is 0.0969. The number of carbonyl (C=O) groups excluding carboxylic acids is 2. The second-order valence-electron chi connectivity index (χ2n) is 11.3. The molecule has 0 aliphatic carbocycles. The van der Waals surface area contributed by atoms with Crippen molar-refractivity contribution in [1.29, 1.82) is 0 Å². The molecule has 9 heteroatoms. The molecule has 2 aromatic carbocycles. The summed E-state index contributed by atoms with van der Waals surface area (Å²) in [5, 5.41) is 6.42. The predicted octanol–water partition coefficient (Wildman–Crippen LogP) is 4.37. The van der Waals surface area contributed by atoms with E-state index in [0.29, 0.717) is 49.2 Å². The van der Waals surface area contributed by atoms with E-state index in [1.54, 1.807) is 6.92 Å². The van der Waals surface area contributed by atoms with Crippen LogP contribution in [0, 0.1) is 0 Å². The zero-order valence-electron chi connectivity index (χ0n) is 23.6. The molecule has 0 saturated carbocycles. The average Bonchev–Trinajstić information content (AvgIpc) is 3.59. The van der Waals surface area contributed by atoms with Crippen LogP contribution in [0.2, 0.25) is 0 Å². The molecule has 1 fully saturated rings. The molecule has 1 saturated heterocycles. The van der Waals surface area contributed by atoms with Crippen molar-refractivity contribution in [2.75, 3.05) is 25.1 Å². The summed E-state index contributed by atoms with van der Waals surface area (Å²) >= 11 is 0. The molecule has 4 aliphatic heterocycles. The van der Waals surface area contributed by atoms with Crippen LogP contribution in [-0.4, -0.2) is 59.6 Å². The number of nitrogens with one attached hydrogen (secondary N) is 2. The van der Waals surface area contributed by atoms with Crippen LogP contribution in [0.3, 0.4) is 0 Å². The van der Waals surface area contributed by atoms with Gasteiger partial charge in [-0.15, -0.1) is 0 Å². The van der Waals surface area contributed by atoms with Gasteiger partial charge in [0, 0.05) is 32.1 Å². The molecule has 1 aromatic heterocycles. The largest absolute Gasteiger partial charge is 0.493 e. The zero-order chi connectivity index (χ0) is 28.6. The summed E-state index contributed by atoms with van der Waals surface area (Å²) < 4.78 is 17.6. The van der Waals surface area contributed by atoms with Crippen molar-refractivity contribution in [3.8, 4) is 17.2 Å². The van der Waals surface area contributed by atoms with E-state index in [1.807, 2.05) is 47.5 Å². The number of nitrogens with zero attached hydrogens (tertiary/aromatic N) is 2. The second-order valence-corrected chi connectivity index (χ2v) is 11.3. The molecule has 216 valence electrons. The van der Waals surface area contributed by atoms with E-state index < -0.39 is 0 Å². The third kappa shape index (κ3) is 5.15. The molecule has 2 N–H and O–H groups in total. The highest BCUT2D eigenvalue weighted by molar-refractivity contribution is 5.99. The summed E-state index contributed by atoms with van der Waals surface area (Å²) in [5.74, 6) is 2.68. The van der Waals surface area contributed by atoms with Gasteiger partial charge in [-0.05, 0) is 65.8 Å². The Morgan fingerprint density at radius 3 is 2.79 bits per heavy atom. The number of carbonyl (C=O) groups is 2. The highest BCUT2D eigenvalue weighted by Gasteiger charge is 2.38. The molecule has 0 spiro atoms. The van der Waals surface area contributed by atoms with Crippen molar-refractivity contribution < 1.29 is 23.8 Å². The summed E-state index contributed by atoms with van der Waals surface area (Å²) in [6.07, 6.45) is 7.33. The molecular formula is C33H34N4O5. The van der Waals surface area contributed by atoms with Gasteiger partial charge in [0.15, 0.2) is 11.5 Å². The van der Waals surface area contributed by atoms with Crippen molar-refractivity contribution >= 4 is 23.2 Å². The van der Waals surface area contributed by atoms with Crippen molar-refractivity contribution in [2.45, 2.75) is 57.3 Å². The van der Waals surface area contributed by atoms with Gasteiger partial charge in [-0.1, -0.05) is 30.3 Å². The number of hydrogen-bond donors (Lipinski definition) is 2. The summed E-state index contributed by atoms with van der Waals surface area (Å²) in [6.45, 7) is 3.49. The molecule has 42 heavy (non-hydrogen) atoms. The molecule has 3 atom stereocenters. The van der Waals surface area contributed by atoms with E-state index in [9.17, 15) is 9.59 Å². The molecule has 3 aromatic rings. The molecular weight excluding hydrogens is 532 g/mol. The van der Waals surface area contributed by atoms with E-state index >= 15 is 0 Å². The number of pyridine rings is 1. The summed E-state index contributed by atoms with van der Waals surface area (Å²) in [5.41, 5.74) is 4.77. The van der Waals surface area contributed by atoms with Crippen LogP contribution in [-0.2, 0) is 17.8 Å². The highest BCUT2D eigenvalue weighted by atomic mass is 16.6. The monoisotopic (exact) mass is 566 g/mol. The number of para-hydroxylation sites is 2. The first kappa shape index (κ1) is 26.4. The van der Waals surface area contributed by atoms with Gasteiger partial charge in [0.05, 0.1) is 24.8 Å². The first-order valence-electron chi connectivity index (χ1n) is 14.7. The van der Waals surface area contributed by atoms with Gasteiger partial charge in [-0.3, -0.25) is 9.59 Å². The van der Waals surface area contributed by atoms with Gasteiger partial charge in [-0.25, -0.2) is 4.98 Å². The highest BCUT2D eigenvalue weighted by Crippen LogP contribution is 2.39. The first-order chi connectivity index (χ1) is 20.5. The smallest absolute Gasteiger partial charge is 0.255 e. The molecule has 7 rings (SSSR count).